The second-order valence-corrected chi connectivity index (χ2v) is 4.62. The molecule has 2 rings (SSSR count). The summed E-state index contributed by atoms with van der Waals surface area (Å²) < 4.78 is 0. The predicted molar refractivity (Wildman–Crippen MR) is 73.7 cm³/mol. The second-order valence-electron chi connectivity index (χ2n) is 3.42. The lowest BCUT2D eigenvalue weighted by atomic mass is 10.2. The molecule has 1 heterocycles. The molecular formula is C12H7Cl3N2O. The fraction of sp³-hybridized carbons (Fsp3) is 0. The lowest BCUT2D eigenvalue weighted by Gasteiger charge is -2.07. The zero-order chi connectivity index (χ0) is 13.1. The van der Waals surface area contributed by atoms with Crippen molar-refractivity contribution >= 4 is 46.4 Å². The molecule has 1 aromatic carbocycles. The molecule has 0 saturated carbocycles. The van der Waals surface area contributed by atoms with E-state index in [1.165, 1.54) is 12.3 Å². The molecule has 0 spiro atoms. The Balaban J connectivity index is 2.25. The normalized spacial score (nSPS) is 10.2. The number of amides is 1. The van der Waals surface area contributed by atoms with Crippen LogP contribution in [-0.2, 0) is 0 Å². The smallest absolute Gasteiger partial charge is 0.258 e. The molecule has 6 heteroatoms. The number of hydrogen-bond donors (Lipinski definition) is 1. The summed E-state index contributed by atoms with van der Waals surface area (Å²) in [7, 11) is 0. The van der Waals surface area contributed by atoms with Crippen molar-refractivity contribution in [3.05, 3.63) is 57.3 Å². The van der Waals surface area contributed by atoms with Gasteiger partial charge in [-0.3, -0.25) is 4.79 Å². The molecule has 0 aliphatic heterocycles. The van der Waals surface area contributed by atoms with Crippen molar-refractivity contribution in [3.8, 4) is 0 Å². The van der Waals surface area contributed by atoms with Gasteiger partial charge in [-0.05, 0) is 18.2 Å². The van der Waals surface area contributed by atoms with Crippen LogP contribution in [0.2, 0.25) is 15.2 Å². The third-order valence-corrected chi connectivity index (χ3v) is 3.04. The zero-order valence-corrected chi connectivity index (χ0v) is 11.2. The van der Waals surface area contributed by atoms with Gasteiger partial charge in [0.2, 0.25) is 0 Å². The SMILES string of the molecule is O=C(Nc1ccccc1Cl)c1cnc(Cl)cc1Cl. The van der Waals surface area contributed by atoms with Crippen LogP contribution in [-0.4, -0.2) is 10.9 Å². The molecular weight excluding hydrogens is 295 g/mol. The Kier molecular flexibility index (Phi) is 4.07. The number of carbonyl (C=O) groups is 1. The third-order valence-electron chi connectivity index (χ3n) is 2.19. The minimum absolute atomic E-state index is 0.231. The summed E-state index contributed by atoms with van der Waals surface area (Å²) in [5, 5.41) is 3.56. The quantitative estimate of drug-likeness (QED) is 0.841. The van der Waals surface area contributed by atoms with E-state index in [4.69, 9.17) is 34.8 Å². The summed E-state index contributed by atoms with van der Waals surface area (Å²) in [5.41, 5.74) is 0.746. The molecule has 2 aromatic rings. The minimum Gasteiger partial charge on any atom is -0.321 e. The van der Waals surface area contributed by atoms with Gasteiger partial charge < -0.3 is 5.32 Å². The van der Waals surface area contributed by atoms with Gasteiger partial charge in [0.1, 0.15) is 5.15 Å². The number of rotatable bonds is 2. The van der Waals surface area contributed by atoms with Gasteiger partial charge in [-0.15, -0.1) is 0 Å². The van der Waals surface area contributed by atoms with Crippen LogP contribution in [0, 0.1) is 0 Å². The fourth-order valence-corrected chi connectivity index (χ4v) is 1.96. The highest BCUT2D eigenvalue weighted by Crippen LogP contribution is 2.23. The van der Waals surface area contributed by atoms with Crippen molar-refractivity contribution < 1.29 is 4.79 Å². The molecule has 1 aromatic heterocycles. The van der Waals surface area contributed by atoms with E-state index in [1.807, 2.05) is 0 Å². The zero-order valence-electron chi connectivity index (χ0n) is 8.95. The number of benzene rings is 1. The number of nitrogens with zero attached hydrogens (tertiary/aromatic N) is 1. The Morgan fingerprint density at radius 1 is 1.11 bits per heavy atom. The van der Waals surface area contributed by atoms with Gasteiger partial charge in [0.25, 0.3) is 5.91 Å². The topological polar surface area (TPSA) is 42.0 Å². The molecule has 0 radical (unpaired) electrons. The Labute approximate surface area is 119 Å². The van der Waals surface area contributed by atoms with E-state index in [1.54, 1.807) is 24.3 Å². The van der Waals surface area contributed by atoms with Crippen LogP contribution in [0.1, 0.15) is 10.4 Å². The van der Waals surface area contributed by atoms with E-state index in [0.29, 0.717) is 10.7 Å². The first kappa shape index (κ1) is 13.1. The lowest BCUT2D eigenvalue weighted by molar-refractivity contribution is 0.102. The highest BCUT2D eigenvalue weighted by atomic mass is 35.5. The van der Waals surface area contributed by atoms with Crippen LogP contribution in [0.25, 0.3) is 0 Å². The van der Waals surface area contributed by atoms with Crippen molar-refractivity contribution in [3.63, 3.8) is 0 Å². The first-order chi connectivity index (χ1) is 8.58. The Morgan fingerprint density at radius 2 is 1.83 bits per heavy atom. The summed E-state index contributed by atoms with van der Waals surface area (Å²) in [5.74, 6) is -0.391. The number of nitrogens with one attached hydrogen (secondary N) is 1. The van der Waals surface area contributed by atoms with Gasteiger partial charge in [0, 0.05) is 6.20 Å². The summed E-state index contributed by atoms with van der Waals surface area (Å²) in [6.45, 7) is 0. The van der Waals surface area contributed by atoms with E-state index >= 15 is 0 Å². The van der Waals surface area contributed by atoms with E-state index in [9.17, 15) is 4.79 Å². The maximum Gasteiger partial charge on any atom is 0.258 e. The van der Waals surface area contributed by atoms with Crippen LogP contribution in [0.4, 0.5) is 5.69 Å². The first-order valence-electron chi connectivity index (χ1n) is 4.95. The van der Waals surface area contributed by atoms with Crippen LogP contribution < -0.4 is 5.32 Å². The molecule has 3 nitrogen and oxygen atoms in total. The summed E-state index contributed by atoms with van der Waals surface area (Å²) in [6.07, 6.45) is 1.32. The van der Waals surface area contributed by atoms with E-state index < -0.39 is 5.91 Å². The van der Waals surface area contributed by atoms with Crippen molar-refractivity contribution in [1.82, 2.24) is 4.98 Å². The van der Waals surface area contributed by atoms with Gasteiger partial charge in [-0.2, -0.15) is 0 Å². The van der Waals surface area contributed by atoms with Crippen molar-refractivity contribution in [2.24, 2.45) is 0 Å². The van der Waals surface area contributed by atoms with E-state index in [2.05, 4.69) is 10.3 Å². The Bertz CT molecular complexity index is 602. The van der Waals surface area contributed by atoms with Crippen LogP contribution in [0.5, 0.6) is 0 Å². The predicted octanol–water partition coefficient (Wildman–Crippen LogP) is 4.29. The molecule has 0 aliphatic rings. The number of carbonyl (C=O) groups excluding carboxylic acids is 1. The van der Waals surface area contributed by atoms with Crippen molar-refractivity contribution in [1.29, 1.82) is 0 Å². The van der Waals surface area contributed by atoms with Crippen LogP contribution in [0.3, 0.4) is 0 Å². The first-order valence-corrected chi connectivity index (χ1v) is 6.08. The molecule has 0 bridgehead atoms. The average molecular weight is 302 g/mol. The largest absolute Gasteiger partial charge is 0.321 e. The maximum absolute atomic E-state index is 12.0. The highest BCUT2D eigenvalue weighted by molar-refractivity contribution is 6.37. The molecule has 1 N–H and O–H groups in total. The Morgan fingerprint density at radius 3 is 2.50 bits per heavy atom. The number of para-hydroxylation sites is 1. The molecule has 0 fully saturated rings. The highest BCUT2D eigenvalue weighted by Gasteiger charge is 2.12. The van der Waals surface area contributed by atoms with Crippen LogP contribution in [0.15, 0.2) is 36.5 Å². The number of halogens is 3. The van der Waals surface area contributed by atoms with Gasteiger partial charge in [-0.25, -0.2) is 4.98 Å². The summed E-state index contributed by atoms with van der Waals surface area (Å²) in [6, 6.07) is 8.32. The van der Waals surface area contributed by atoms with Crippen LogP contribution >= 0.6 is 34.8 Å². The monoisotopic (exact) mass is 300 g/mol. The molecule has 0 aliphatic carbocycles. The van der Waals surface area contributed by atoms with E-state index in [-0.39, 0.29) is 15.7 Å². The molecule has 92 valence electrons. The molecule has 1 amide bonds. The third kappa shape index (κ3) is 2.93. The molecule has 18 heavy (non-hydrogen) atoms. The maximum atomic E-state index is 12.0. The molecule has 0 unspecified atom stereocenters. The van der Waals surface area contributed by atoms with Gasteiger partial charge in [0.15, 0.2) is 0 Å². The second kappa shape index (κ2) is 5.57. The summed E-state index contributed by atoms with van der Waals surface area (Å²) >= 11 is 17.5. The van der Waals surface area contributed by atoms with Gasteiger partial charge >= 0.3 is 0 Å². The van der Waals surface area contributed by atoms with Gasteiger partial charge in [0.05, 0.1) is 21.3 Å². The molecule has 0 atom stereocenters. The lowest BCUT2D eigenvalue weighted by Crippen LogP contribution is -2.13. The average Bonchev–Trinajstić information content (AvgIpc) is 2.32. The number of anilines is 1. The number of aromatic nitrogens is 1. The minimum atomic E-state index is -0.391. The Hall–Kier alpha value is -1.29. The van der Waals surface area contributed by atoms with Crippen molar-refractivity contribution in [2.45, 2.75) is 0 Å². The fourth-order valence-electron chi connectivity index (χ4n) is 1.33. The summed E-state index contributed by atoms with van der Waals surface area (Å²) in [4.78, 5) is 15.8. The number of pyridine rings is 1. The van der Waals surface area contributed by atoms with Gasteiger partial charge in [-0.1, -0.05) is 46.9 Å². The van der Waals surface area contributed by atoms with Crippen molar-refractivity contribution in [2.75, 3.05) is 5.32 Å². The molecule has 0 saturated heterocycles. The van der Waals surface area contributed by atoms with E-state index in [0.717, 1.165) is 0 Å². The number of hydrogen-bond acceptors (Lipinski definition) is 2. The standard InChI is InChI=1S/C12H7Cl3N2O/c13-8-3-1-2-4-10(8)17-12(18)7-6-16-11(15)5-9(7)14/h1-6H,(H,17,18).